The minimum Gasteiger partial charge on any atom is -0.353 e. The second-order valence-electron chi connectivity index (χ2n) is 7.71. The maximum Gasteiger partial charge on any atom is 0.197 e. The monoisotopic (exact) mass is 409 g/mol. The molecule has 0 aliphatic carbocycles. The van der Waals surface area contributed by atoms with Gasteiger partial charge in [0.05, 0.1) is 10.6 Å². The highest BCUT2D eigenvalue weighted by molar-refractivity contribution is 7.92. The molecule has 1 aromatic carbocycles. The van der Waals surface area contributed by atoms with E-state index in [0.29, 0.717) is 15.8 Å². The predicted molar refractivity (Wildman–Crippen MR) is 101 cm³/mol. The van der Waals surface area contributed by atoms with Crippen molar-refractivity contribution < 1.29 is 17.3 Å². The van der Waals surface area contributed by atoms with Gasteiger partial charge in [-0.25, -0.2) is 12.8 Å². The van der Waals surface area contributed by atoms with Crippen LogP contribution in [0.25, 0.3) is 10.8 Å². The smallest absolute Gasteiger partial charge is 0.197 e. The summed E-state index contributed by atoms with van der Waals surface area (Å²) in [5, 5.41) is 13.0. The van der Waals surface area contributed by atoms with E-state index in [-0.39, 0.29) is 10.3 Å². The third kappa shape index (κ3) is 3.53. The average molecular weight is 410 g/mol. The summed E-state index contributed by atoms with van der Waals surface area (Å²) in [6, 6.07) is 6.53. The van der Waals surface area contributed by atoms with Crippen LogP contribution in [0.5, 0.6) is 0 Å². The molecule has 0 radical (unpaired) electrons. The van der Waals surface area contributed by atoms with Crippen molar-refractivity contribution >= 4 is 21.2 Å². The molecule has 0 aliphatic heterocycles. The summed E-state index contributed by atoms with van der Waals surface area (Å²) in [6.07, 6.45) is 0. The van der Waals surface area contributed by atoms with Gasteiger partial charge >= 0.3 is 0 Å². The number of rotatable bonds is 4. The van der Waals surface area contributed by atoms with Gasteiger partial charge in [0.1, 0.15) is 15.6 Å². The molecule has 27 heavy (non-hydrogen) atoms. The second-order valence-corrected chi connectivity index (χ2v) is 11.2. The summed E-state index contributed by atoms with van der Waals surface area (Å²) < 4.78 is 43.2. The Morgan fingerprint density at radius 1 is 1.04 bits per heavy atom. The van der Waals surface area contributed by atoms with Crippen LogP contribution in [0, 0.1) is 5.82 Å². The molecule has 0 N–H and O–H groups in total. The quantitative estimate of drug-likeness (QED) is 0.596. The zero-order valence-corrected chi connectivity index (χ0v) is 17.3. The third-order valence-corrected chi connectivity index (χ3v) is 8.05. The highest BCUT2D eigenvalue weighted by Gasteiger charge is 2.41. The summed E-state index contributed by atoms with van der Waals surface area (Å²) in [5.74, 6) is -0.0522. The van der Waals surface area contributed by atoms with E-state index in [1.165, 1.54) is 12.1 Å². The molecule has 0 fully saturated rings. The molecule has 0 bridgehead atoms. The Balaban J connectivity index is 1.97. The van der Waals surface area contributed by atoms with Crippen LogP contribution in [0.1, 0.15) is 45.3 Å². The maximum atomic E-state index is 13.1. The van der Waals surface area contributed by atoms with Crippen LogP contribution in [-0.2, 0) is 20.0 Å². The van der Waals surface area contributed by atoms with Gasteiger partial charge in [-0.1, -0.05) is 37.3 Å². The van der Waals surface area contributed by atoms with E-state index in [1.54, 1.807) is 19.9 Å². The van der Waals surface area contributed by atoms with Crippen LogP contribution in [-0.4, -0.2) is 23.8 Å². The number of hydrogen-bond acceptors (Lipinski definition) is 7. The second kappa shape index (κ2) is 6.49. The third-order valence-electron chi connectivity index (χ3n) is 4.23. The summed E-state index contributed by atoms with van der Waals surface area (Å²) in [7, 11) is -3.80. The highest BCUT2D eigenvalue weighted by atomic mass is 32.2. The number of hydrogen-bond donors (Lipinski definition) is 0. The SMILES string of the molecule is CC(C)(C)c1cc(-c2nnc(C(C)(C)S(=O)(=O)c3ccc(F)cc3)s2)on1. The highest BCUT2D eigenvalue weighted by Crippen LogP contribution is 2.39. The van der Waals surface area contributed by atoms with Crippen molar-refractivity contribution in [2.75, 3.05) is 0 Å². The Morgan fingerprint density at radius 2 is 1.67 bits per heavy atom. The molecule has 6 nitrogen and oxygen atoms in total. The molecule has 9 heteroatoms. The number of nitrogens with zero attached hydrogens (tertiary/aromatic N) is 3. The van der Waals surface area contributed by atoms with Crippen LogP contribution in [0.4, 0.5) is 4.39 Å². The average Bonchev–Trinajstić information content (AvgIpc) is 3.24. The summed E-state index contributed by atoms with van der Waals surface area (Å²) in [6.45, 7) is 9.14. The van der Waals surface area contributed by atoms with Crippen molar-refractivity contribution in [3.05, 3.63) is 46.9 Å². The van der Waals surface area contributed by atoms with Crippen molar-refractivity contribution in [3.63, 3.8) is 0 Å². The lowest BCUT2D eigenvalue weighted by atomic mass is 9.92. The molecular formula is C18H20FN3O3S2. The van der Waals surface area contributed by atoms with E-state index >= 15 is 0 Å². The van der Waals surface area contributed by atoms with Gasteiger partial charge in [-0.05, 0) is 38.1 Å². The molecule has 3 aromatic rings. The number of benzene rings is 1. The van der Waals surface area contributed by atoms with Crippen LogP contribution >= 0.6 is 11.3 Å². The van der Waals surface area contributed by atoms with E-state index in [9.17, 15) is 12.8 Å². The van der Waals surface area contributed by atoms with Crippen molar-refractivity contribution in [2.45, 2.75) is 49.7 Å². The zero-order chi connectivity index (χ0) is 20.0. The molecule has 0 saturated heterocycles. The summed E-state index contributed by atoms with van der Waals surface area (Å²) >= 11 is 1.13. The topological polar surface area (TPSA) is 86.0 Å². The molecule has 0 atom stereocenters. The van der Waals surface area contributed by atoms with E-state index in [4.69, 9.17) is 4.52 Å². The normalized spacial score (nSPS) is 13.1. The van der Waals surface area contributed by atoms with Gasteiger partial charge in [-0.2, -0.15) is 0 Å². The van der Waals surface area contributed by atoms with E-state index in [2.05, 4.69) is 15.4 Å². The Hall–Kier alpha value is -2.13. The van der Waals surface area contributed by atoms with E-state index < -0.39 is 20.4 Å². The first-order chi connectivity index (χ1) is 12.4. The summed E-state index contributed by atoms with van der Waals surface area (Å²) in [4.78, 5) is 0.0281. The first-order valence-electron chi connectivity index (χ1n) is 8.25. The van der Waals surface area contributed by atoms with Gasteiger partial charge < -0.3 is 4.52 Å². The largest absolute Gasteiger partial charge is 0.353 e. The van der Waals surface area contributed by atoms with Gasteiger partial charge in [0.15, 0.2) is 20.6 Å². The van der Waals surface area contributed by atoms with E-state index in [0.717, 1.165) is 29.2 Å². The number of halogens is 1. The molecule has 0 aliphatic rings. The fraction of sp³-hybridized carbons (Fsp3) is 0.389. The number of aromatic nitrogens is 3. The van der Waals surface area contributed by atoms with Crippen LogP contribution in [0.2, 0.25) is 0 Å². The first kappa shape index (κ1) is 19.6. The van der Waals surface area contributed by atoms with E-state index in [1.807, 2.05) is 20.8 Å². The summed E-state index contributed by atoms with van der Waals surface area (Å²) in [5.41, 5.74) is 0.591. The van der Waals surface area contributed by atoms with Gasteiger partial charge in [0.25, 0.3) is 0 Å². The predicted octanol–water partition coefficient (Wildman–Crippen LogP) is 4.34. The Kier molecular flexibility index (Phi) is 4.72. The Labute approximate surface area is 161 Å². The minimum atomic E-state index is -3.80. The fourth-order valence-corrected chi connectivity index (χ4v) is 4.92. The minimum absolute atomic E-state index is 0.0281. The standard InChI is InChI=1S/C18H20FN3O3S2/c1-17(2,3)14-10-13(25-22-14)15-20-21-16(26-15)18(4,5)27(23,24)12-8-6-11(19)7-9-12/h6-10H,1-5H3. The molecule has 144 valence electrons. The molecule has 0 unspecified atom stereocenters. The molecule has 0 amide bonds. The number of sulfone groups is 1. The van der Waals surface area contributed by atoms with Crippen molar-refractivity contribution in [1.29, 1.82) is 0 Å². The van der Waals surface area contributed by atoms with Crippen LogP contribution in [0.15, 0.2) is 39.8 Å². The lowest BCUT2D eigenvalue weighted by Gasteiger charge is -2.21. The van der Waals surface area contributed by atoms with Gasteiger partial charge in [0, 0.05) is 11.5 Å². The molecule has 2 heterocycles. The van der Waals surface area contributed by atoms with Gasteiger partial charge in [-0.3, -0.25) is 0 Å². The molecule has 0 saturated carbocycles. The lowest BCUT2D eigenvalue weighted by Crippen LogP contribution is -2.29. The zero-order valence-electron chi connectivity index (χ0n) is 15.6. The lowest BCUT2D eigenvalue weighted by molar-refractivity contribution is 0.402. The first-order valence-corrected chi connectivity index (χ1v) is 10.5. The van der Waals surface area contributed by atoms with Gasteiger partial charge in [0.2, 0.25) is 0 Å². The Morgan fingerprint density at radius 3 is 2.22 bits per heavy atom. The fourth-order valence-electron chi connectivity index (χ4n) is 2.32. The molecule has 2 aromatic heterocycles. The maximum absolute atomic E-state index is 13.1. The molecule has 0 spiro atoms. The molecular weight excluding hydrogens is 389 g/mol. The van der Waals surface area contributed by atoms with Crippen molar-refractivity contribution in [1.82, 2.24) is 15.4 Å². The van der Waals surface area contributed by atoms with Gasteiger partial charge in [-0.15, -0.1) is 10.2 Å². The molecule has 3 rings (SSSR count). The van der Waals surface area contributed by atoms with Crippen LogP contribution in [0.3, 0.4) is 0 Å². The Bertz CT molecular complexity index is 1060. The van der Waals surface area contributed by atoms with Crippen LogP contribution < -0.4 is 0 Å². The van der Waals surface area contributed by atoms with Crippen molar-refractivity contribution in [3.8, 4) is 10.8 Å². The van der Waals surface area contributed by atoms with Crippen molar-refractivity contribution in [2.24, 2.45) is 0 Å².